The second kappa shape index (κ2) is 3.49. The second-order valence-corrected chi connectivity index (χ2v) is 3.96. The first kappa shape index (κ1) is 8.13. The summed E-state index contributed by atoms with van der Waals surface area (Å²) in [5.74, 6) is 0.647. The van der Waals surface area contributed by atoms with Crippen LogP contribution in [0.15, 0.2) is 6.20 Å². The highest BCUT2D eigenvalue weighted by atomic mass is 32.1. The number of hydrogen-bond donors (Lipinski definition) is 1. The Labute approximate surface area is 76.3 Å². The molecule has 1 aromatic heterocycles. The van der Waals surface area contributed by atoms with Crippen LogP contribution in [0.3, 0.4) is 0 Å². The van der Waals surface area contributed by atoms with Crippen LogP contribution < -0.4 is 5.73 Å². The lowest BCUT2D eigenvalue weighted by molar-refractivity contribution is 0.439. The van der Waals surface area contributed by atoms with E-state index >= 15 is 0 Å². The van der Waals surface area contributed by atoms with E-state index in [1.54, 1.807) is 6.20 Å². The first-order chi connectivity index (χ1) is 5.88. The number of hydrogen-bond acceptors (Lipinski definition) is 4. The van der Waals surface area contributed by atoms with E-state index in [0.717, 1.165) is 5.69 Å². The van der Waals surface area contributed by atoms with Crippen LogP contribution >= 0.6 is 11.7 Å². The molecule has 1 atom stereocenters. The SMILES string of the molecule is NC(c1cnsn1)C1CCCC1. The molecule has 0 radical (unpaired) electrons. The molecular formula is C8H13N3S. The highest BCUT2D eigenvalue weighted by molar-refractivity contribution is 6.99. The molecule has 66 valence electrons. The molecule has 1 heterocycles. The molecule has 0 aliphatic heterocycles. The molecule has 1 aliphatic carbocycles. The second-order valence-electron chi connectivity index (χ2n) is 3.40. The Bertz CT molecular complexity index is 228. The molecule has 1 fully saturated rings. The minimum Gasteiger partial charge on any atom is -0.322 e. The van der Waals surface area contributed by atoms with Crippen molar-refractivity contribution in [3.05, 3.63) is 11.9 Å². The normalized spacial score (nSPS) is 21.4. The van der Waals surface area contributed by atoms with Crippen LogP contribution in [-0.4, -0.2) is 8.75 Å². The topological polar surface area (TPSA) is 51.8 Å². The lowest BCUT2D eigenvalue weighted by Gasteiger charge is -2.15. The highest BCUT2D eigenvalue weighted by Crippen LogP contribution is 2.33. The van der Waals surface area contributed by atoms with Gasteiger partial charge in [0.1, 0.15) is 0 Å². The van der Waals surface area contributed by atoms with Crippen molar-refractivity contribution in [3.8, 4) is 0 Å². The maximum atomic E-state index is 6.05. The average molecular weight is 183 g/mol. The predicted octanol–water partition coefficient (Wildman–Crippen LogP) is 1.73. The zero-order valence-corrected chi connectivity index (χ0v) is 7.76. The summed E-state index contributed by atoms with van der Waals surface area (Å²) in [5.41, 5.74) is 7.03. The largest absolute Gasteiger partial charge is 0.322 e. The van der Waals surface area contributed by atoms with Gasteiger partial charge in [0.2, 0.25) is 0 Å². The third-order valence-corrected chi connectivity index (χ3v) is 3.12. The standard InChI is InChI=1S/C8H13N3S/c9-8(6-3-1-2-4-6)7-5-10-12-11-7/h5-6,8H,1-4,9H2. The summed E-state index contributed by atoms with van der Waals surface area (Å²) in [6.07, 6.45) is 6.98. The van der Waals surface area contributed by atoms with Gasteiger partial charge in [-0.25, -0.2) is 0 Å². The molecule has 2 N–H and O–H groups in total. The molecule has 3 nitrogen and oxygen atoms in total. The van der Waals surface area contributed by atoms with Crippen molar-refractivity contribution in [2.45, 2.75) is 31.7 Å². The van der Waals surface area contributed by atoms with Crippen molar-refractivity contribution >= 4 is 11.7 Å². The molecule has 0 aromatic carbocycles. The van der Waals surface area contributed by atoms with Gasteiger partial charge in [0.05, 0.1) is 29.7 Å². The molecule has 0 saturated heterocycles. The maximum Gasteiger partial charge on any atom is 0.0912 e. The monoisotopic (exact) mass is 183 g/mol. The van der Waals surface area contributed by atoms with Gasteiger partial charge in [0.25, 0.3) is 0 Å². The number of aromatic nitrogens is 2. The molecule has 1 aliphatic rings. The molecule has 0 amide bonds. The highest BCUT2D eigenvalue weighted by Gasteiger charge is 2.24. The number of nitrogens with zero attached hydrogens (tertiary/aromatic N) is 2. The number of nitrogens with two attached hydrogens (primary N) is 1. The molecule has 1 aromatic rings. The summed E-state index contributed by atoms with van der Waals surface area (Å²) >= 11 is 1.25. The lowest BCUT2D eigenvalue weighted by atomic mass is 9.97. The summed E-state index contributed by atoms with van der Waals surface area (Å²) in [6, 6.07) is 0.131. The van der Waals surface area contributed by atoms with Crippen LogP contribution in [0.4, 0.5) is 0 Å². The Morgan fingerprint density at radius 2 is 2.25 bits per heavy atom. The third kappa shape index (κ3) is 1.49. The van der Waals surface area contributed by atoms with Crippen molar-refractivity contribution in [3.63, 3.8) is 0 Å². The van der Waals surface area contributed by atoms with Gasteiger partial charge >= 0.3 is 0 Å². The zero-order valence-electron chi connectivity index (χ0n) is 6.94. The van der Waals surface area contributed by atoms with E-state index in [2.05, 4.69) is 8.75 Å². The van der Waals surface area contributed by atoms with Crippen LogP contribution in [0.2, 0.25) is 0 Å². The van der Waals surface area contributed by atoms with Crippen LogP contribution in [0.25, 0.3) is 0 Å². The fourth-order valence-corrected chi connectivity index (χ4v) is 2.34. The first-order valence-electron chi connectivity index (χ1n) is 4.41. The van der Waals surface area contributed by atoms with Crippen LogP contribution in [-0.2, 0) is 0 Å². The van der Waals surface area contributed by atoms with Crippen molar-refractivity contribution in [1.82, 2.24) is 8.75 Å². The summed E-state index contributed by atoms with van der Waals surface area (Å²) < 4.78 is 8.13. The van der Waals surface area contributed by atoms with Gasteiger partial charge in [-0.15, -0.1) is 0 Å². The Balaban J connectivity index is 2.04. The van der Waals surface area contributed by atoms with E-state index in [9.17, 15) is 0 Å². The van der Waals surface area contributed by atoms with Gasteiger partial charge < -0.3 is 5.73 Å². The minimum atomic E-state index is 0.131. The predicted molar refractivity (Wildman–Crippen MR) is 48.8 cm³/mol. The van der Waals surface area contributed by atoms with Crippen molar-refractivity contribution in [2.75, 3.05) is 0 Å². The van der Waals surface area contributed by atoms with Gasteiger partial charge in [0, 0.05) is 0 Å². The smallest absolute Gasteiger partial charge is 0.0912 e. The van der Waals surface area contributed by atoms with E-state index in [-0.39, 0.29) is 6.04 Å². The fraction of sp³-hybridized carbons (Fsp3) is 0.750. The molecule has 0 bridgehead atoms. The Morgan fingerprint density at radius 3 is 2.83 bits per heavy atom. The van der Waals surface area contributed by atoms with Crippen LogP contribution in [0.5, 0.6) is 0 Å². The molecule has 1 saturated carbocycles. The summed E-state index contributed by atoms with van der Waals surface area (Å²) in [4.78, 5) is 0. The van der Waals surface area contributed by atoms with Gasteiger partial charge in [-0.3, -0.25) is 0 Å². The molecule has 0 spiro atoms. The lowest BCUT2D eigenvalue weighted by Crippen LogP contribution is -2.19. The molecule has 12 heavy (non-hydrogen) atoms. The third-order valence-electron chi connectivity index (χ3n) is 2.63. The molecule has 1 unspecified atom stereocenters. The Morgan fingerprint density at radius 1 is 1.50 bits per heavy atom. The summed E-state index contributed by atoms with van der Waals surface area (Å²) in [7, 11) is 0. The molecule has 4 heteroatoms. The van der Waals surface area contributed by atoms with Gasteiger partial charge in [-0.1, -0.05) is 12.8 Å². The van der Waals surface area contributed by atoms with Gasteiger partial charge in [-0.05, 0) is 18.8 Å². The molecular weight excluding hydrogens is 170 g/mol. The summed E-state index contributed by atoms with van der Waals surface area (Å²) in [5, 5.41) is 0. The zero-order chi connectivity index (χ0) is 8.39. The van der Waals surface area contributed by atoms with Crippen molar-refractivity contribution in [1.29, 1.82) is 0 Å². The van der Waals surface area contributed by atoms with E-state index < -0.39 is 0 Å². The van der Waals surface area contributed by atoms with Crippen molar-refractivity contribution in [2.24, 2.45) is 11.7 Å². The Kier molecular flexibility index (Phi) is 2.37. The van der Waals surface area contributed by atoms with Crippen LogP contribution in [0, 0.1) is 5.92 Å². The van der Waals surface area contributed by atoms with E-state index in [1.807, 2.05) is 0 Å². The van der Waals surface area contributed by atoms with E-state index in [1.165, 1.54) is 37.4 Å². The fourth-order valence-electron chi connectivity index (χ4n) is 1.88. The first-order valence-corrected chi connectivity index (χ1v) is 5.14. The van der Waals surface area contributed by atoms with Gasteiger partial charge in [-0.2, -0.15) is 8.75 Å². The quantitative estimate of drug-likeness (QED) is 0.759. The minimum absolute atomic E-state index is 0.131. The maximum absolute atomic E-state index is 6.05. The van der Waals surface area contributed by atoms with Gasteiger partial charge in [0.15, 0.2) is 0 Å². The number of rotatable bonds is 2. The van der Waals surface area contributed by atoms with E-state index in [4.69, 9.17) is 5.73 Å². The molecule has 2 rings (SSSR count). The van der Waals surface area contributed by atoms with E-state index in [0.29, 0.717) is 5.92 Å². The summed E-state index contributed by atoms with van der Waals surface area (Å²) in [6.45, 7) is 0. The van der Waals surface area contributed by atoms with Crippen molar-refractivity contribution < 1.29 is 0 Å². The van der Waals surface area contributed by atoms with Crippen LogP contribution in [0.1, 0.15) is 37.4 Å². The average Bonchev–Trinajstić information content (AvgIpc) is 2.77. The Hall–Kier alpha value is -0.480.